The number of benzene rings is 1. The van der Waals surface area contributed by atoms with Crippen LogP contribution >= 0.6 is 11.6 Å². The number of rotatable bonds is 2. The Morgan fingerprint density at radius 1 is 1.25 bits per heavy atom. The Hall–Kier alpha value is -1.35. The lowest BCUT2D eigenvalue weighted by atomic mass is 9.84. The third-order valence-corrected chi connectivity index (χ3v) is 3.32. The molecule has 1 aromatic rings. The van der Waals surface area contributed by atoms with Crippen molar-refractivity contribution in [2.75, 3.05) is 0 Å². The summed E-state index contributed by atoms with van der Waals surface area (Å²) in [6.45, 7) is 0. The molecule has 0 fully saturated rings. The molecule has 0 saturated heterocycles. The summed E-state index contributed by atoms with van der Waals surface area (Å²) in [4.78, 5) is 10.8. The van der Waals surface area contributed by atoms with Gasteiger partial charge in [0, 0.05) is 16.4 Å². The molecule has 84 valence electrons. The summed E-state index contributed by atoms with van der Waals surface area (Å²) >= 11 is 6.08. The smallest absolute Gasteiger partial charge is 0.223 e. The minimum Gasteiger partial charge on any atom is -0.264 e. The lowest BCUT2D eigenvalue weighted by Crippen LogP contribution is -2.28. The van der Waals surface area contributed by atoms with E-state index in [0.29, 0.717) is 17.9 Å². The van der Waals surface area contributed by atoms with Crippen molar-refractivity contribution in [1.82, 2.24) is 0 Å². The molecule has 2 rings (SSSR count). The van der Waals surface area contributed by atoms with E-state index >= 15 is 0 Å². The first-order valence-electron chi connectivity index (χ1n) is 5.23. The molecule has 0 aliphatic heterocycles. The van der Waals surface area contributed by atoms with Gasteiger partial charge < -0.3 is 0 Å². The molecule has 16 heavy (non-hydrogen) atoms. The lowest BCUT2D eigenvalue weighted by Gasteiger charge is -2.23. The van der Waals surface area contributed by atoms with Gasteiger partial charge in [-0.25, -0.2) is 0 Å². The molecule has 1 aliphatic rings. The van der Waals surface area contributed by atoms with Gasteiger partial charge in [0.15, 0.2) is 0 Å². The molecule has 0 radical (unpaired) electrons. The van der Waals surface area contributed by atoms with Crippen LogP contribution in [0.5, 0.6) is 0 Å². The van der Waals surface area contributed by atoms with E-state index in [1.807, 2.05) is 30.4 Å². The Morgan fingerprint density at radius 3 is 2.62 bits per heavy atom. The first kappa shape index (κ1) is 11.1. The molecule has 3 nitrogen and oxygen atoms in total. The summed E-state index contributed by atoms with van der Waals surface area (Å²) in [6.07, 6.45) is 5.05. The second-order valence-electron chi connectivity index (χ2n) is 3.92. The second kappa shape index (κ2) is 4.66. The maximum Gasteiger partial charge on any atom is 0.223 e. The lowest BCUT2D eigenvalue weighted by molar-refractivity contribution is -0.526. The highest BCUT2D eigenvalue weighted by Crippen LogP contribution is 2.34. The second-order valence-corrected chi connectivity index (χ2v) is 4.33. The van der Waals surface area contributed by atoms with Crippen LogP contribution in [0.1, 0.15) is 24.3 Å². The maximum absolute atomic E-state index is 11.0. The van der Waals surface area contributed by atoms with E-state index in [2.05, 4.69) is 0 Å². The van der Waals surface area contributed by atoms with Crippen LogP contribution in [0.4, 0.5) is 0 Å². The number of nitrogens with zero attached hydrogens (tertiary/aromatic N) is 1. The Balaban J connectivity index is 2.35. The third-order valence-electron chi connectivity index (χ3n) is 2.97. The number of halogens is 1. The molecule has 2 atom stereocenters. The molecule has 1 aromatic carbocycles. The normalized spacial score (nSPS) is 24.3. The van der Waals surface area contributed by atoms with Gasteiger partial charge in [-0.3, -0.25) is 10.1 Å². The molecule has 0 bridgehead atoms. The molecule has 1 aliphatic carbocycles. The van der Waals surface area contributed by atoms with Crippen molar-refractivity contribution in [2.45, 2.75) is 24.8 Å². The van der Waals surface area contributed by atoms with Crippen molar-refractivity contribution in [1.29, 1.82) is 0 Å². The molecule has 0 aromatic heterocycles. The highest BCUT2D eigenvalue weighted by Gasteiger charge is 2.33. The van der Waals surface area contributed by atoms with Gasteiger partial charge >= 0.3 is 0 Å². The van der Waals surface area contributed by atoms with Gasteiger partial charge in [-0.15, -0.1) is 0 Å². The molecular formula is C12H12ClNO2. The molecule has 0 N–H and O–H groups in total. The van der Waals surface area contributed by atoms with Crippen molar-refractivity contribution < 1.29 is 4.92 Å². The van der Waals surface area contributed by atoms with E-state index in [-0.39, 0.29) is 10.8 Å². The molecule has 0 amide bonds. The van der Waals surface area contributed by atoms with Crippen LogP contribution in [0.15, 0.2) is 36.4 Å². The van der Waals surface area contributed by atoms with Gasteiger partial charge in [0.1, 0.15) is 0 Å². The van der Waals surface area contributed by atoms with Crippen LogP contribution in [0, 0.1) is 10.1 Å². The minimum atomic E-state index is -0.551. The molecule has 0 saturated carbocycles. The zero-order chi connectivity index (χ0) is 11.5. The van der Waals surface area contributed by atoms with Crippen LogP contribution in [-0.2, 0) is 0 Å². The Bertz CT molecular complexity index is 431. The van der Waals surface area contributed by atoms with E-state index in [1.54, 1.807) is 6.07 Å². The predicted molar refractivity (Wildman–Crippen MR) is 63.3 cm³/mol. The van der Waals surface area contributed by atoms with Crippen LogP contribution in [0.25, 0.3) is 0 Å². The highest BCUT2D eigenvalue weighted by atomic mass is 35.5. The van der Waals surface area contributed by atoms with E-state index in [0.717, 1.165) is 5.56 Å². The van der Waals surface area contributed by atoms with Gasteiger partial charge in [0.2, 0.25) is 6.04 Å². The van der Waals surface area contributed by atoms with E-state index in [4.69, 9.17) is 11.6 Å². The molecular weight excluding hydrogens is 226 g/mol. The first-order valence-corrected chi connectivity index (χ1v) is 5.61. The van der Waals surface area contributed by atoms with Gasteiger partial charge in [-0.2, -0.15) is 0 Å². The van der Waals surface area contributed by atoms with Crippen LogP contribution in [0.2, 0.25) is 5.02 Å². The summed E-state index contributed by atoms with van der Waals surface area (Å²) in [7, 11) is 0. The van der Waals surface area contributed by atoms with Crippen molar-refractivity contribution >= 4 is 11.6 Å². The SMILES string of the molecule is O=[N+]([O-])[C@H]1CC=CC[C@@H]1c1ccccc1Cl. The molecule has 0 spiro atoms. The zero-order valence-corrected chi connectivity index (χ0v) is 9.43. The van der Waals surface area contributed by atoms with Crippen molar-refractivity contribution in [2.24, 2.45) is 0 Å². The van der Waals surface area contributed by atoms with Gasteiger partial charge in [-0.1, -0.05) is 42.0 Å². The quantitative estimate of drug-likeness (QED) is 0.449. The number of hydrogen-bond donors (Lipinski definition) is 0. The fraction of sp³-hybridized carbons (Fsp3) is 0.333. The van der Waals surface area contributed by atoms with Gasteiger partial charge in [0.05, 0.1) is 5.92 Å². The van der Waals surface area contributed by atoms with E-state index < -0.39 is 6.04 Å². The van der Waals surface area contributed by atoms with Crippen molar-refractivity contribution in [3.05, 3.63) is 57.1 Å². The summed E-state index contributed by atoms with van der Waals surface area (Å²) in [5, 5.41) is 11.6. The first-order chi connectivity index (χ1) is 7.70. The topological polar surface area (TPSA) is 43.1 Å². The highest BCUT2D eigenvalue weighted by molar-refractivity contribution is 6.31. The van der Waals surface area contributed by atoms with Gasteiger partial charge in [-0.05, 0) is 18.1 Å². The zero-order valence-electron chi connectivity index (χ0n) is 8.67. The fourth-order valence-electron chi connectivity index (χ4n) is 2.14. The Labute approximate surface area is 98.9 Å². The minimum absolute atomic E-state index is 0.103. The number of nitro groups is 1. The van der Waals surface area contributed by atoms with Gasteiger partial charge in [0.25, 0.3) is 0 Å². The third kappa shape index (κ3) is 2.09. The molecule has 4 heteroatoms. The van der Waals surface area contributed by atoms with Crippen molar-refractivity contribution in [3.8, 4) is 0 Å². The van der Waals surface area contributed by atoms with Crippen LogP contribution in [-0.4, -0.2) is 11.0 Å². The Morgan fingerprint density at radius 2 is 1.94 bits per heavy atom. The average molecular weight is 238 g/mol. The fourth-order valence-corrected chi connectivity index (χ4v) is 2.42. The maximum atomic E-state index is 11.0. The van der Waals surface area contributed by atoms with Crippen LogP contribution in [0.3, 0.4) is 0 Å². The van der Waals surface area contributed by atoms with E-state index in [1.165, 1.54) is 0 Å². The Kier molecular flexibility index (Phi) is 3.25. The molecule has 0 unspecified atom stereocenters. The van der Waals surface area contributed by atoms with Crippen LogP contribution < -0.4 is 0 Å². The molecule has 0 heterocycles. The monoisotopic (exact) mass is 237 g/mol. The average Bonchev–Trinajstić information content (AvgIpc) is 2.29. The largest absolute Gasteiger partial charge is 0.264 e. The van der Waals surface area contributed by atoms with Crippen molar-refractivity contribution in [3.63, 3.8) is 0 Å². The summed E-state index contributed by atoms with van der Waals surface area (Å²) in [5.41, 5.74) is 0.884. The number of hydrogen-bond acceptors (Lipinski definition) is 2. The number of allylic oxidation sites excluding steroid dienone is 1. The van der Waals surface area contributed by atoms with E-state index in [9.17, 15) is 10.1 Å². The predicted octanol–water partition coefficient (Wildman–Crippen LogP) is 3.42. The summed E-state index contributed by atoms with van der Waals surface area (Å²) in [5.74, 6) is -0.103. The summed E-state index contributed by atoms with van der Waals surface area (Å²) in [6, 6.07) is 6.82. The standard InChI is InChI=1S/C12H12ClNO2/c13-11-7-3-1-5-9(11)10-6-2-4-8-12(10)14(15)16/h1-5,7,10,12H,6,8H2/t10-,12+/m1/s1. The summed E-state index contributed by atoms with van der Waals surface area (Å²) < 4.78 is 0.